The van der Waals surface area contributed by atoms with Crippen molar-refractivity contribution in [3.63, 3.8) is 0 Å². The minimum absolute atomic E-state index is 0.139. The molecule has 94 valence electrons. The fourth-order valence-electron chi connectivity index (χ4n) is 2.20. The van der Waals surface area contributed by atoms with Crippen LogP contribution in [0.15, 0.2) is 28.7 Å². The Labute approximate surface area is 116 Å². The van der Waals surface area contributed by atoms with E-state index in [-0.39, 0.29) is 11.3 Å². The summed E-state index contributed by atoms with van der Waals surface area (Å²) in [6.45, 7) is 0.508. The molecule has 4 heteroatoms. The highest BCUT2D eigenvalue weighted by molar-refractivity contribution is 9.10. The molecule has 1 saturated carbocycles. The van der Waals surface area contributed by atoms with E-state index in [1.807, 2.05) is 24.3 Å². The first-order chi connectivity index (χ1) is 8.60. The van der Waals surface area contributed by atoms with Crippen LogP contribution >= 0.6 is 15.9 Å². The quantitative estimate of drug-likeness (QED) is 0.858. The zero-order chi connectivity index (χ0) is 13.2. The predicted octanol–water partition coefficient (Wildman–Crippen LogP) is 2.85. The fourth-order valence-corrected chi connectivity index (χ4v) is 2.47. The van der Waals surface area contributed by atoms with Gasteiger partial charge in [0.25, 0.3) is 0 Å². The molecule has 1 aliphatic rings. The van der Waals surface area contributed by atoms with Gasteiger partial charge in [-0.05, 0) is 30.5 Å². The average Bonchev–Trinajstić information content (AvgIpc) is 3.17. The maximum absolute atomic E-state index is 12.4. The van der Waals surface area contributed by atoms with Crippen LogP contribution in [0.25, 0.3) is 0 Å². The van der Waals surface area contributed by atoms with Crippen molar-refractivity contribution >= 4 is 21.8 Å². The van der Waals surface area contributed by atoms with E-state index in [9.17, 15) is 4.79 Å². The van der Waals surface area contributed by atoms with Gasteiger partial charge in [0.2, 0.25) is 5.91 Å². The lowest BCUT2D eigenvalue weighted by molar-refractivity contribution is -0.132. The maximum Gasteiger partial charge on any atom is 0.232 e. The van der Waals surface area contributed by atoms with Crippen LogP contribution < -0.4 is 0 Å². The number of nitrogens with zero attached hydrogens (tertiary/aromatic N) is 2. The molecule has 0 bridgehead atoms. The van der Waals surface area contributed by atoms with Gasteiger partial charge in [-0.25, -0.2) is 0 Å². The largest absolute Gasteiger partial charge is 0.344 e. The highest BCUT2D eigenvalue weighted by Gasteiger charge is 2.52. The minimum Gasteiger partial charge on any atom is -0.344 e. The first kappa shape index (κ1) is 13.1. The van der Waals surface area contributed by atoms with Gasteiger partial charge < -0.3 is 4.90 Å². The molecule has 1 amide bonds. The molecule has 0 aliphatic heterocycles. The fraction of sp³-hybridized carbons (Fsp3) is 0.429. The molecule has 0 aromatic heterocycles. The van der Waals surface area contributed by atoms with Gasteiger partial charge in [0.1, 0.15) is 0 Å². The summed E-state index contributed by atoms with van der Waals surface area (Å²) < 4.78 is 1.02. The molecule has 0 unspecified atom stereocenters. The third-order valence-electron chi connectivity index (χ3n) is 3.46. The van der Waals surface area contributed by atoms with Crippen LogP contribution in [0, 0.1) is 11.3 Å². The predicted molar refractivity (Wildman–Crippen MR) is 72.9 cm³/mol. The van der Waals surface area contributed by atoms with Crippen molar-refractivity contribution in [2.45, 2.75) is 24.7 Å². The highest BCUT2D eigenvalue weighted by atomic mass is 79.9. The Morgan fingerprint density at radius 2 is 2.06 bits per heavy atom. The van der Waals surface area contributed by atoms with Gasteiger partial charge in [-0.1, -0.05) is 28.1 Å². The summed E-state index contributed by atoms with van der Waals surface area (Å²) in [5.74, 6) is 0.139. The first-order valence-electron chi connectivity index (χ1n) is 5.99. The summed E-state index contributed by atoms with van der Waals surface area (Å²) in [6.07, 6.45) is 2.20. The summed E-state index contributed by atoms with van der Waals surface area (Å²) in [5, 5.41) is 8.57. The normalized spacial score (nSPS) is 15.8. The zero-order valence-electron chi connectivity index (χ0n) is 10.3. The third-order valence-corrected chi connectivity index (χ3v) is 3.99. The van der Waals surface area contributed by atoms with Crippen LogP contribution in [-0.4, -0.2) is 24.4 Å². The summed E-state index contributed by atoms with van der Waals surface area (Å²) >= 11 is 3.40. The van der Waals surface area contributed by atoms with Crippen LogP contribution in [0.2, 0.25) is 0 Å². The van der Waals surface area contributed by atoms with E-state index in [1.54, 1.807) is 11.9 Å². The number of carbonyl (C=O) groups excluding carboxylic acids is 1. The molecule has 0 saturated heterocycles. The summed E-state index contributed by atoms with van der Waals surface area (Å²) in [5.41, 5.74) is 0.754. The average molecular weight is 307 g/mol. The Balaban J connectivity index is 2.14. The van der Waals surface area contributed by atoms with E-state index in [4.69, 9.17) is 5.26 Å². The van der Waals surface area contributed by atoms with Gasteiger partial charge in [-0.15, -0.1) is 0 Å². The Morgan fingerprint density at radius 3 is 2.56 bits per heavy atom. The third kappa shape index (κ3) is 2.41. The highest BCUT2D eigenvalue weighted by Crippen LogP contribution is 2.49. The SMILES string of the molecule is CN(CCC#N)C(=O)C1(c2ccc(Br)cc2)CC1. The van der Waals surface area contributed by atoms with Crippen molar-refractivity contribution in [2.24, 2.45) is 0 Å². The van der Waals surface area contributed by atoms with Gasteiger partial charge in [-0.3, -0.25) is 4.79 Å². The Bertz CT molecular complexity index is 486. The topological polar surface area (TPSA) is 44.1 Å². The number of halogens is 1. The molecule has 0 heterocycles. The molecule has 0 radical (unpaired) electrons. The summed E-state index contributed by atoms with van der Waals surface area (Å²) in [4.78, 5) is 14.1. The Morgan fingerprint density at radius 1 is 1.44 bits per heavy atom. The minimum atomic E-state index is -0.328. The van der Waals surface area contributed by atoms with E-state index < -0.39 is 0 Å². The van der Waals surface area contributed by atoms with Gasteiger partial charge in [0, 0.05) is 18.1 Å². The van der Waals surface area contributed by atoms with Gasteiger partial charge in [0.15, 0.2) is 0 Å². The number of rotatable bonds is 4. The standard InChI is InChI=1S/C14H15BrN2O/c1-17(10-2-9-16)13(18)14(7-8-14)11-3-5-12(15)6-4-11/h3-6H,2,7-8,10H2,1H3. The van der Waals surface area contributed by atoms with Gasteiger partial charge >= 0.3 is 0 Å². The smallest absolute Gasteiger partial charge is 0.232 e. The zero-order valence-corrected chi connectivity index (χ0v) is 11.9. The molecule has 0 atom stereocenters. The van der Waals surface area contributed by atoms with Crippen LogP contribution in [-0.2, 0) is 10.2 Å². The van der Waals surface area contributed by atoms with E-state index in [2.05, 4.69) is 22.0 Å². The Hall–Kier alpha value is -1.34. The van der Waals surface area contributed by atoms with Crippen LogP contribution in [0.1, 0.15) is 24.8 Å². The molecule has 1 aliphatic carbocycles. The number of nitriles is 1. The van der Waals surface area contributed by atoms with Gasteiger partial charge in [-0.2, -0.15) is 5.26 Å². The summed E-state index contributed by atoms with van der Waals surface area (Å²) in [6, 6.07) is 10.0. The molecular formula is C14H15BrN2O. The van der Waals surface area contributed by atoms with Crippen LogP contribution in [0.3, 0.4) is 0 Å². The monoisotopic (exact) mass is 306 g/mol. The number of likely N-dealkylation sites (N-methyl/N-ethyl adjacent to an activating group) is 1. The second-order valence-electron chi connectivity index (χ2n) is 4.72. The maximum atomic E-state index is 12.4. The number of amides is 1. The lowest BCUT2D eigenvalue weighted by atomic mass is 9.94. The van der Waals surface area contributed by atoms with Crippen molar-refractivity contribution in [3.05, 3.63) is 34.3 Å². The van der Waals surface area contributed by atoms with Crippen molar-refractivity contribution in [1.82, 2.24) is 4.90 Å². The number of benzene rings is 1. The van der Waals surface area contributed by atoms with Crippen molar-refractivity contribution in [3.8, 4) is 6.07 Å². The number of carbonyl (C=O) groups is 1. The van der Waals surface area contributed by atoms with E-state index in [1.165, 1.54) is 0 Å². The Kier molecular flexibility index (Phi) is 3.72. The molecule has 0 N–H and O–H groups in total. The van der Waals surface area contributed by atoms with Crippen molar-refractivity contribution < 1.29 is 4.79 Å². The number of hydrogen-bond acceptors (Lipinski definition) is 2. The van der Waals surface area contributed by atoms with E-state index >= 15 is 0 Å². The van der Waals surface area contributed by atoms with Crippen LogP contribution in [0.4, 0.5) is 0 Å². The summed E-state index contributed by atoms with van der Waals surface area (Å²) in [7, 11) is 1.78. The number of hydrogen-bond donors (Lipinski definition) is 0. The van der Waals surface area contributed by atoms with E-state index in [0.29, 0.717) is 13.0 Å². The lowest BCUT2D eigenvalue weighted by Crippen LogP contribution is -2.37. The molecule has 1 aromatic rings. The molecular weight excluding hydrogens is 292 g/mol. The molecule has 0 spiro atoms. The molecule has 18 heavy (non-hydrogen) atoms. The second-order valence-corrected chi connectivity index (χ2v) is 5.64. The molecule has 3 nitrogen and oxygen atoms in total. The van der Waals surface area contributed by atoms with Crippen LogP contribution in [0.5, 0.6) is 0 Å². The van der Waals surface area contributed by atoms with Crippen molar-refractivity contribution in [2.75, 3.05) is 13.6 Å². The molecule has 2 rings (SSSR count). The van der Waals surface area contributed by atoms with Crippen molar-refractivity contribution in [1.29, 1.82) is 5.26 Å². The first-order valence-corrected chi connectivity index (χ1v) is 6.78. The lowest BCUT2D eigenvalue weighted by Gasteiger charge is -2.23. The van der Waals surface area contributed by atoms with Gasteiger partial charge in [0.05, 0.1) is 17.9 Å². The second kappa shape index (κ2) is 5.11. The molecule has 1 aromatic carbocycles. The molecule has 1 fully saturated rings. The van der Waals surface area contributed by atoms with E-state index in [0.717, 1.165) is 22.9 Å².